The van der Waals surface area contributed by atoms with Crippen LogP contribution in [0.1, 0.15) is 31.4 Å². The minimum absolute atomic E-state index is 0.122. The molecule has 1 fully saturated rings. The molecule has 106 valence electrons. The maximum atomic E-state index is 9.56. The number of nitrogens with zero attached hydrogens (tertiary/aromatic N) is 1. The van der Waals surface area contributed by atoms with E-state index in [0.717, 1.165) is 43.5 Å². The summed E-state index contributed by atoms with van der Waals surface area (Å²) in [5, 5.41) is 13.1. The number of aliphatic hydroxyl groups is 1. The summed E-state index contributed by atoms with van der Waals surface area (Å²) < 4.78 is 1.13. The normalized spacial score (nSPS) is 21.7. The fourth-order valence-electron chi connectivity index (χ4n) is 2.68. The SMILES string of the molecule is CCNC(CCN1CCC(O)C1)c1cccc(Br)c1. The second-order valence-electron chi connectivity index (χ2n) is 5.20. The molecule has 2 rings (SSSR count). The Balaban J connectivity index is 1.92. The molecule has 1 aromatic carbocycles. The molecule has 0 amide bonds. The number of aliphatic hydroxyl groups excluding tert-OH is 1. The summed E-state index contributed by atoms with van der Waals surface area (Å²) in [5.41, 5.74) is 1.33. The quantitative estimate of drug-likeness (QED) is 0.843. The van der Waals surface area contributed by atoms with E-state index < -0.39 is 0 Å². The Bertz CT molecular complexity index is 399. The number of benzene rings is 1. The highest BCUT2D eigenvalue weighted by Crippen LogP contribution is 2.22. The number of rotatable bonds is 6. The highest BCUT2D eigenvalue weighted by Gasteiger charge is 2.21. The van der Waals surface area contributed by atoms with Gasteiger partial charge in [0.25, 0.3) is 0 Å². The average molecular weight is 327 g/mol. The Kier molecular flexibility index (Phi) is 5.82. The van der Waals surface area contributed by atoms with Gasteiger partial charge in [0.05, 0.1) is 6.10 Å². The first-order valence-electron chi connectivity index (χ1n) is 7.08. The lowest BCUT2D eigenvalue weighted by molar-refractivity contribution is 0.174. The lowest BCUT2D eigenvalue weighted by Gasteiger charge is -2.22. The zero-order chi connectivity index (χ0) is 13.7. The average Bonchev–Trinajstić information content (AvgIpc) is 2.80. The molecule has 1 heterocycles. The number of β-amino-alcohol motifs (C(OH)–C–C–N with tert-alkyl or cyclic N) is 1. The van der Waals surface area contributed by atoms with Crippen molar-refractivity contribution in [1.29, 1.82) is 0 Å². The zero-order valence-corrected chi connectivity index (χ0v) is 13.1. The Hall–Kier alpha value is -0.420. The van der Waals surface area contributed by atoms with E-state index in [9.17, 15) is 5.11 Å². The highest BCUT2D eigenvalue weighted by molar-refractivity contribution is 9.10. The first-order valence-corrected chi connectivity index (χ1v) is 7.87. The Morgan fingerprint density at radius 2 is 2.37 bits per heavy atom. The van der Waals surface area contributed by atoms with E-state index in [0.29, 0.717) is 6.04 Å². The standard InChI is InChI=1S/C15H23BrN2O/c1-2-17-15(12-4-3-5-13(16)10-12)7-9-18-8-6-14(19)11-18/h3-5,10,14-15,17,19H,2,6-9,11H2,1H3. The fraction of sp³-hybridized carbons (Fsp3) is 0.600. The molecule has 1 aliphatic rings. The topological polar surface area (TPSA) is 35.5 Å². The number of nitrogens with one attached hydrogen (secondary N) is 1. The van der Waals surface area contributed by atoms with Gasteiger partial charge in [0.15, 0.2) is 0 Å². The molecule has 0 aliphatic carbocycles. The van der Waals surface area contributed by atoms with Crippen molar-refractivity contribution in [2.75, 3.05) is 26.2 Å². The Morgan fingerprint density at radius 3 is 3.00 bits per heavy atom. The number of halogens is 1. The predicted octanol–water partition coefficient (Wildman–Crippen LogP) is 2.56. The summed E-state index contributed by atoms with van der Waals surface area (Å²) in [6.45, 7) is 6.02. The van der Waals surface area contributed by atoms with Gasteiger partial charge in [-0.15, -0.1) is 0 Å². The number of hydrogen-bond acceptors (Lipinski definition) is 3. The van der Waals surface area contributed by atoms with Crippen molar-refractivity contribution in [2.24, 2.45) is 0 Å². The molecule has 0 spiro atoms. The van der Waals surface area contributed by atoms with Crippen LogP contribution in [0.15, 0.2) is 28.7 Å². The molecule has 3 nitrogen and oxygen atoms in total. The monoisotopic (exact) mass is 326 g/mol. The molecule has 4 heteroatoms. The molecular formula is C15H23BrN2O. The van der Waals surface area contributed by atoms with Crippen molar-refractivity contribution in [3.05, 3.63) is 34.3 Å². The van der Waals surface area contributed by atoms with E-state index in [2.05, 4.69) is 57.3 Å². The molecule has 2 N–H and O–H groups in total. The van der Waals surface area contributed by atoms with Crippen molar-refractivity contribution in [1.82, 2.24) is 10.2 Å². The van der Waals surface area contributed by atoms with Crippen LogP contribution in [0.5, 0.6) is 0 Å². The predicted molar refractivity (Wildman–Crippen MR) is 82.2 cm³/mol. The van der Waals surface area contributed by atoms with E-state index >= 15 is 0 Å². The third kappa shape index (κ3) is 4.56. The fourth-order valence-corrected chi connectivity index (χ4v) is 3.10. The van der Waals surface area contributed by atoms with Crippen LogP contribution >= 0.6 is 15.9 Å². The molecule has 1 aromatic rings. The van der Waals surface area contributed by atoms with E-state index in [1.165, 1.54) is 5.56 Å². The molecular weight excluding hydrogens is 304 g/mol. The summed E-state index contributed by atoms with van der Waals surface area (Å²) in [6.07, 6.45) is 1.88. The first-order chi connectivity index (χ1) is 9.19. The van der Waals surface area contributed by atoms with E-state index in [-0.39, 0.29) is 6.10 Å². The van der Waals surface area contributed by atoms with Gasteiger partial charge in [-0.2, -0.15) is 0 Å². The summed E-state index contributed by atoms with van der Waals surface area (Å²) in [5.74, 6) is 0. The van der Waals surface area contributed by atoms with Crippen molar-refractivity contribution < 1.29 is 5.11 Å². The van der Waals surface area contributed by atoms with Gasteiger partial charge in [0.1, 0.15) is 0 Å². The van der Waals surface area contributed by atoms with Crippen molar-refractivity contribution >= 4 is 15.9 Å². The molecule has 1 saturated heterocycles. The number of hydrogen-bond donors (Lipinski definition) is 2. The molecule has 0 aromatic heterocycles. The number of likely N-dealkylation sites (tertiary alicyclic amines) is 1. The zero-order valence-electron chi connectivity index (χ0n) is 11.5. The van der Waals surface area contributed by atoms with Gasteiger partial charge in [-0.1, -0.05) is 35.0 Å². The van der Waals surface area contributed by atoms with Crippen molar-refractivity contribution in [3.63, 3.8) is 0 Å². The van der Waals surface area contributed by atoms with Crippen LogP contribution < -0.4 is 5.32 Å². The molecule has 19 heavy (non-hydrogen) atoms. The molecule has 0 radical (unpaired) electrons. The van der Waals surface area contributed by atoms with Crippen molar-refractivity contribution in [2.45, 2.75) is 31.9 Å². The van der Waals surface area contributed by atoms with Crippen LogP contribution in [0.3, 0.4) is 0 Å². The molecule has 2 atom stereocenters. The van der Waals surface area contributed by atoms with Crippen LogP contribution in [0.2, 0.25) is 0 Å². The molecule has 0 saturated carbocycles. The van der Waals surface area contributed by atoms with Gasteiger partial charge in [-0.25, -0.2) is 0 Å². The molecule has 0 bridgehead atoms. The van der Waals surface area contributed by atoms with Gasteiger partial charge >= 0.3 is 0 Å². The Labute approximate surface area is 124 Å². The van der Waals surface area contributed by atoms with E-state index in [1.807, 2.05) is 0 Å². The van der Waals surface area contributed by atoms with Gasteiger partial charge in [-0.3, -0.25) is 0 Å². The van der Waals surface area contributed by atoms with Gasteiger partial charge in [0.2, 0.25) is 0 Å². The third-order valence-corrected chi connectivity index (χ3v) is 4.18. The van der Waals surface area contributed by atoms with Crippen LogP contribution in [0, 0.1) is 0 Å². The van der Waals surface area contributed by atoms with Gasteiger partial charge in [0, 0.05) is 30.1 Å². The lowest BCUT2D eigenvalue weighted by atomic mass is 10.0. The summed E-state index contributed by atoms with van der Waals surface area (Å²) in [4.78, 5) is 2.35. The van der Waals surface area contributed by atoms with E-state index in [1.54, 1.807) is 0 Å². The summed E-state index contributed by atoms with van der Waals surface area (Å²) in [7, 11) is 0. The first kappa shape index (κ1) is 15.0. The van der Waals surface area contributed by atoms with Crippen LogP contribution in [0.25, 0.3) is 0 Å². The van der Waals surface area contributed by atoms with E-state index in [4.69, 9.17) is 0 Å². The second kappa shape index (κ2) is 7.39. The minimum atomic E-state index is -0.122. The van der Waals surface area contributed by atoms with Crippen LogP contribution in [0.4, 0.5) is 0 Å². The maximum Gasteiger partial charge on any atom is 0.0679 e. The highest BCUT2D eigenvalue weighted by atomic mass is 79.9. The Morgan fingerprint density at radius 1 is 1.53 bits per heavy atom. The maximum absolute atomic E-state index is 9.56. The van der Waals surface area contributed by atoms with Crippen LogP contribution in [-0.4, -0.2) is 42.3 Å². The van der Waals surface area contributed by atoms with Crippen molar-refractivity contribution in [3.8, 4) is 0 Å². The lowest BCUT2D eigenvalue weighted by Crippen LogP contribution is -2.29. The van der Waals surface area contributed by atoms with Gasteiger partial charge in [-0.05, 0) is 37.1 Å². The second-order valence-corrected chi connectivity index (χ2v) is 6.11. The summed E-state index contributed by atoms with van der Waals surface area (Å²) >= 11 is 3.54. The van der Waals surface area contributed by atoms with Crippen LogP contribution in [-0.2, 0) is 0 Å². The third-order valence-electron chi connectivity index (χ3n) is 3.68. The minimum Gasteiger partial charge on any atom is -0.392 e. The largest absolute Gasteiger partial charge is 0.392 e. The smallest absolute Gasteiger partial charge is 0.0679 e. The molecule has 2 unspecified atom stereocenters. The summed E-state index contributed by atoms with van der Waals surface area (Å²) in [6, 6.07) is 8.90. The van der Waals surface area contributed by atoms with Gasteiger partial charge < -0.3 is 15.3 Å². The molecule has 1 aliphatic heterocycles.